The number of fused-ring (bicyclic) bond motifs is 2. The summed E-state index contributed by atoms with van der Waals surface area (Å²) < 4.78 is 60.4. The Kier molecular flexibility index (Phi) is 11.3. The van der Waals surface area contributed by atoms with Crippen LogP contribution in [0.25, 0.3) is 0 Å². The molecule has 5 rings (SSSR count). The van der Waals surface area contributed by atoms with E-state index in [1.54, 1.807) is 24.3 Å². The van der Waals surface area contributed by atoms with Gasteiger partial charge in [-0.25, -0.2) is 13.6 Å². The fourth-order valence-corrected chi connectivity index (χ4v) is 7.50. The van der Waals surface area contributed by atoms with Crippen molar-refractivity contribution in [3.8, 4) is 0 Å². The second-order valence-corrected chi connectivity index (χ2v) is 14.4. The molecule has 3 aliphatic heterocycles. The number of carboxylic acid groups (broad SMARTS) is 1. The predicted octanol–water partition coefficient (Wildman–Crippen LogP) is 7.16. The quantitative estimate of drug-likeness (QED) is 0.265. The lowest BCUT2D eigenvalue weighted by Crippen LogP contribution is -2.49. The molecule has 47 heavy (non-hydrogen) atoms. The first kappa shape index (κ1) is 37.0. The fraction of sp³-hybridized carbons (Fsp3) is 0.545. The van der Waals surface area contributed by atoms with Gasteiger partial charge in [-0.1, -0.05) is 62.2 Å². The largest absolute Gasteiger partial charge is 0.490 e. The van der Waals surface area contributed by atoms with Gasteiger partial charge in [0.1, 0.15) is 17.9 Å². The molecular weight excluding hydrogens is 668 g/mol. The molecule has 0 unspecified atom stereocenters. The van der Waals surface area contributed by atoms with Crippen molar-refractivity contribution in [1.82, 2.24) is 10.2 Å². The van der Waals surface area contributed by atoms with Crippen molar-refractivity contribution < 1.29 is 41.4 Å². The minimum atomic E-state index is -5.08. The van der Waals surface area contributed by atoms with E-state index in [0.717, 1.165) is 25.9 Å². The van der Waals surface area contributed by atoms with E-state index in [4.69, 9.17) is 33.1 Å². The summed E-state index contributed by atoms with van der Waals surface area (Å²) in [5.41, 5.74) is 0.106. The Morgan fingerprint density at radius 2 is 1.72 bits per heavy atom. The van der Waals surface area contributed by atoms with E-state index in [2.05, 4.69) is 36.3 Å². The Morgan fingerprint density at radius 1 is 1.09 bits per heavy atom. The topological polar surface area (TPSA) is 98.7 Å². The Labute approximate surface area is 280 Å². The van der Waals surface area contributed by atoms with Crippen LogP contribution in [0.3, 0.4) is 0 Å². The monoisotopic (exact) mass is 705 g/mol. The Balaban J connectivity index is 0.000000644. The standard InChI is InChI=1S/C31H37Cl2F2N3O2.C2HF3O2/c1-30(2,3)17-25-31(21-8-7-19(32)16-23(21)36-29(31)40)26(20-5-4-6-22(33)27(20)35)28(37-25)24(39)15-18-9-12-38(13-10-18)14-11-34;3-2(4,5)1(6)7/h4-8,16,18,25-26,28,37H,9-15,17H2,1-3H3,(H,36,40);(H,6,7)/t25-,26+,28+,31+;/m1./s1. The van der Waals surface area contributed by atoms with Crippen LogP contribution >= 0.6 is 23.2 Å². The molecule has 258 valence electrons. The molecule has 0 saturated carbocycles. The SMILES string of the molecule is CC(C)(C)C[C@H]1N[C@@H](C(=O)CC2CCN(CCF)CC2)[C@H](c2cccc(Cl)c2F)[C@@]12C(=O)Nc1cc(Cl)ccc12.O=C(O)C(F)(F)F. The number of nitrogens with zero attached hydrogens (tertiary/aromatic N) is 1. The third kappa shape index (κ3) is 7.92. The summed E-state index contributed by atoms with van der Waals surface area (Å²) in [6.45, 7) is 7.80. The van der Waals surface area contributed by atoms with E-state index < -0.39 is 41.4 Å². The zero-order valence-corrected chi connectivity index (χ0v) is 27.7. The van der Waals surface area contributed by atoms with Crippen LogP contribution in [0, 0.1) is 17.2 Å². The number of rotatable bonds is 7. The van der Waals surface area contributed by atoms with Crippen molar-refractivity contribution in [2.75, 3.05) is 31.6 Å². The second-order valence-electron chi connectivity index (χ2n) is 13.5. The van der Waals surface area contributed by atoms with Gasteiger partial charge in [0.05, 0.1) is 11.1 Å². The number of Topliss-reactive ketones (excluding diaryl/α,β-unsaturated/α-hetero) is 1. The van der Waals surface area contributed by atoms with Crippen LogP contribution in [0.5, 0.6) is 0 Å². The molecule has 1 amide bonds. The average molecular weight is 707 g/mol. The zero-order chi connectivity index (χ0) is 34.9. The highest BCUT2D eigenvalue weighted by Gasteiger charge is 2.66. The van der Waals surface area contributed by atoms with Crippen LogP contribution in [0.4, 0.5) is 27.6 Å². The number of carboxylic acids is 1. The van der Waals surface area contributed by atoms with Gasteiger partial charge in [0.15, 0.2) is 5.78 Å². The van der Waals surface area contributed by atoms with Crippen molar-refractivity contribution in [1.29, 1.82) is 0 Å². The Hall–Kier alpha value is -2.80. The van der Waals surface area contributed by atoms with E-state index in [1.165, 1.54) is 6.07 Å². The number of ketones is 1. The smallest absolute Gasteiger partial charge is 0.475 e. The molecule has 3 heterocycles. The molecule has 0 aliphatic carbocycles. The van der Waals surface area contributed by atoms with Gasteiger partial charge in [-0.15, -0.1) is 0 Å². The third-order valence-electron chi connectivity index (χ3n) is 9.13. The first-order valence-corrected chi connectivity index (χ1v) is 16.1. The van der Waals surface area contributed by atoms with Crippen LogP contribution in [0.15, 0.2) is 36.4 Å². The van der Waals surface area contributed by atoms with Crippen LogP contribution in [0.1, 0.15) is 63.5 Å². The number of hydrogen-bond acceptors (Lipinski definition) is 5. The Morgan fingerprint density at radius 3 is 2.30 bits per heavy atom. The molecule has 0 bridgehead atoms. The third-order valence-corrected chi connectivity index (χ3v) is 9.65. The summed E-state index contributed by atoms with van der Waals surface area (Å²) in [5.74, 6) is -4.35. The normalized spacial score (nSPS) is 24.9. The van der Waals surface area contributed by atoms with Crippen molar-refractivity contribution in [2.45, 2.75) is 76.0 Å². The van der Waals surface area contributed by atoms with E-state index in [9.17, 15) is 27.2 Å². The number of piperidine rings is 1. The summed E-state index contributed by atoms with van der Waals surface area (Å²) in [5, 5.41) is 14.1. The van der Waals surface area contributed by atoms with E-state index in [1.807, 2.05) is 6.07 Å². The summed E-state index contributed by atoms with van der Waals surface area (Å²) in [7, 11) is 0. The molecule has 3 aliphatic rings. The molecule has 0 aromatic heterocycles. The first-order chi connectivity index (χ1) is 21.9. The van der Waals surface area contributed by atoms with Crippen molar-refractivity contribution >= 4 is 46.5 Å². The number of anilines is 1. The molecule has 2 aromatic carbocycles. The number of likely N-dealkylation sites (tertiary alicyclic amines) is 1. The molecule has 2 fully saturated rings. The van der Waals surface area contributed by atoms with Crippen LogP contribution < -0.4 is 10.6 Å². The lowest BCUT2D eigenvalue weighted by molar-refractivity contribution is -0.192. The summed E-state index contributed by atoms with van der Waals surface area (Å²) in [4.78, 5) is 39.4. The average Bonchev–Trinajstić information content (AvgIpc) is 3.44. The number of carbonyl (C=O) groups excluding carboxylic acids is 2. The lowest BCUT2D eigenvalue weighted by atomic mass is 9.62. The van der Waals surface area contributed by atoms with Crippen LogP contribution in [-0.2, 0) is 19.8 Å². The van der Waals surface area contributed by atoms with Crippen LogP contribution in [0.2, 0.25) is 10.0 Å². The predicted molar refractivity (Wildman–Crippen MR) is 169 cm³/mol. The first-order valence-electron chi connectivity index (χ1n) is 15.3. The van der Waals surface area contributed by atoms with Crippen molar-refractivity contribution in [3.63, 3.8) is 0 Å². The highest BCUT2D eigenvalue weighted by atomic mass is 35.5. The molecule has 3 N–H and O–H groups in total. The number of aliphatic carboxylic acids is 1. The van der Waals surface area contributed by atoms with Gasteiger partial charge < -0.3 is 20.6 Å². The van der Waals surface area contributed by atoms with Crippen LogP contribution in [-0.4, -0.2) is 72.2 Å². The maximum absolute atomic E-state index is 15.9. The number of hydrogen-bond donors (Lipinski definition) is 3. The molecule has 4 atom stereocenters. The number of halogens is 7. The van der Waals surface area contributed by atoms with E-state index >= 15 is 4.39 Å². The summed E-state index contributed by atoms with van der Waals surface area (Å²) in [6, 6.07) is 8.83. The minimum Gasteiger partial charge on any atom is -0.475 e. The van der Waals surface area contributed by atoms with Crippen molar-refractivity contribution in [2.24, 2.45) is 11.3 Å². The Bertz CT molecular complexity index is 1490. The highest BCUT2D eigenvalue weighted by molar-refractivity contribution is 6.31. The molecule has 2 saturated heterocycles. The zero-order valence-electron chi connectivity index (χ0n) is 26.2. The second kappa shape index (κ2) is 14.4. The van der Waals surface area contributed by atoms with Crippen molar-refractivity contribution in [3.05, 3.63) is 63.4 Å². The lowest BCUT2D eigenvalue weighted by Gasteiger charge is -2.38. The minimum absolute atomic E-state index is 0.0423. The highest BCUT2D eigenvalue weighted by Crippen LogP contribution is 2.57. The summed E-state index contributed by atoms with van der Waals surface area (Å²) >= 11 is 12.6. The maximum atomic E-state index is 15.9. The molecule has 1 spiro atoms. The van der Waals surface area contributed by atoms with Gasteiger partial charge in [-0.2, -0.15) is 13.2 Å². The van der Waals surface area contributed by atoms with E-state index in [-0.39, 0.29) is 40.3 Å². The van der Waals surface area contributed by atoms with E-state index in [0.29, 0.717) is 35.7 Å². The van der Waals surface area contributed by atoms with Gasteiger partial charge in [-0.05, 0) is 73.0 Å². The molecule has 14 heteroatoms. The molecular formula is C33H38Cl2F5N3O4. The molecule has 2 aromatic rings. The number of nitrogens with one attached hydrogen (secondary N) is 2. The maximum Gasteiger partial charge on any atom is 0.490 e. The van der Waals surface area contributed by atoms with Gasteiger partial charge >= 0.3 is 12.1 Å². The van der Waals surface area contributed by atoms with Gasteiger partial charge in [0.2, 0.25) is 5.91 Å². The van der Waals surface area contributed by atoms with Gasteiger partial charge in [0.25, 0.3) is 0 Å². The van der Waals surface area contributed by atoms with Gasteiger partial charge in [-0.3, -0.25) is 9.59 Å². The number of amides is 1. The number of carbonyl (C=O) groups is 3. The number of benzene rings is 2. The molecule has 7 nitrogen and oxygen atoms in total. The number of alkyl halides is 4. The molecule has 0 radical (unpaired) electrons. The fourth-order valence-electron chi connectivity index (χ4n) is 7.15. The summed E-state index contributed by atoms with van der Waals surface area (Å²) in [6.07, 6.45) is -2.60. The van der Waals surface area contributed by atoms with Gasteiger partial charge in [0, 0.05) is 35.6 Å².